The van der Waals surface area contributed by atoms with Crippen LogP contribution in [0.15, 0.2) is 27.8 Å². The van der Waals surface area contributed by atoms with Crippen molar-refractivity contribution in [3.8, 4) is 18.1 Å². The molecule has 1 aromatic carbocycles. The van der Waals surface area contributed by atoms with Gasteiger partial charge in [0, 0.05) is 16.5 Å². The second-order valence-electron chi connectivity index (χ2n) is 8.03. The van der Waals surface area contributed by atoms with Crippen molar-refractivity contribution in [2.24, 2.45) is 5.10 Å². The number of unbranched alkanes of at least 4 members (excludes halogenated alkanes) is 10. The summed E-state index contributed by atoms with van der Waals surface area (Å²) >= 11 is 3.39. The van der Waals surface area contributed by atoms with Crippen molar-refractivity contribution in [3.63, 3.8) is 0 Å². The summed E-state index contributed by atoms with van der Waals surface area (Å²) in [7, 11) is 0. The van der Waals surface area contributed by atoms with Gasteiger partial charge in [0.15, 0.2) is 0 Å². The van der Waals surface area contributed by atoms with E-state index in [4.69, 9.17) is 11.2 Å². The van der Waals surface area contributed by atoms with E-state index >= 15 is 0 Å². The summed E-state index contributed by atoms with van der Waals surface area (Å²) in [6.45, 7) is 2.28. The van der Waals surface area contributed by atoms with Gasteiger partial charge in [-0.05, 0) is 24.6 Å². The van der Waals surface area contributed by atoms with Crippen molar-refractivity contribution in [1.29, 1.82) is 0 Å². The largest absolute Gasteiger partial charge is 0.480 e. The van der Waals surface area contributed by atoms with Crippen LogP contribution in [-0.4, -0.2) is 31.2 Å². The Labute approximate surface area is 207 Å². The van der Waals surface area contributed by atoms with Crippen molar-refractivity contribution in [1.82, 2.24) is 10.7 Å². The van der Waals surface area contributed by atoms with Gasteiger partial charge >= 0.3 is 0 Å². The number of halogens is 1. The molecule has 0 fully saturated rings. The molecule has 2 amide bonds. The second-order valence-corrected chi connectivity index (χ2v) is 8.95. The van der Waals surface area contributed by atoms with Crippen LogP contribution in [0.2, 0.25) is 0 Å². The maximum atomic E-state index is 11.9. The molecule has 0 spiro atoms. The molecule has 2 N–H and O–H groups in total. The van der Waals surface area contributed by atoms with Gasteiger partial charge in [0.1, 0.15) is 12.4 Å². The van der Waals surface area contributed by atoms with Gasteiger partial charge in [-0.15, -0.1) is 6.42 Å². The molecule has 0 heterocycles. The van der Waals surface area contributed by atoms with Crippen LogP contribution in [0.3, 0.4) is 0 Å². The van der Waals surface area contributed by atoms with Crippen LogP contribution in [0.4, 0.5) is 0 Å². The zero-order chi connectivity index (χ0) is 24.2. The SMILES string of the molecule is C#CCOc1ccc(Br)cc1/C=N/NC(=O)CNC(=O)CCCCCCCCCCCCC. The smallest absolute Gasteiger partial charge is 0.259 e. The van der Waals surface area contributed by atoms with E-state index < -0.39 is 0 Å². The highest BCUT2D eigenvalue weighted by atomic mass is 79.9. The number of terminal acetylenes is 1. The third kappa shape index (κ3) is 15.2. The molecule has 0 unspecified atom stereocenters. The molecule has 0 aliphatic rings. The molecule has 0 saturated carbocycles. The highest BCUT2D eigenvalue weighted by molar-refractivity contribution is 9.10. The lowest BCUT2D eigenvalue weighted by atomic mass is 10.1. The van der Waals surface area contributed by atoms with E-state index in [9.17, 15) is 9.59 Å². The first-order valence-corrected chi connectivity index (χ1v) is 12.8. The number of hydrogen-bond donors (Lipinski definition) is 2. The second kappa shape index (κ2) is 19.2. The highest BCUT2D eigenvalue weighted by Crippen LogP contribution is 2.21. The first kappa shape index (κ1) is 28.7. The number of rotatable bonds is 18. The number of hydrogen-bond acceptors (Lipinski definition) is 4. The summed E-state index contributed by atoms with van der Waals surface area (Å²) in [5.41, 5.74) is 3.07. The van der Waals surface area contributed by atoms with Crippen molar-refractivity contribution in [2.75, 3.05) is 13.2 Å². The van der Waals surface area contributed by atoms with Gasteiger partial charge < -0.3 is 10.1 Å². The number of benzene rings is 1. The molecule has 0 bridgehead atoms. The highest BCUT2D eigenvalue weighted by Gasteiger charge is 2.06. The maximum Gasteiger partial charge on any atom is 0.259 e. The fourth-order valence-corrected chi connectivity index (χ4v) is 3.68. The third-order valence-corrected chi connectivity index (χ3v) is 5.62. The molecule has 7 heteroatoms. The van der Waals surface area contributed by atoms with Crippen molar-refractivity contribution >= 4 is 34.0 Å². The summed E-state index contributed by atoms with van der Waals surface area (Å²) in [4.78, 5) is 23.8. The molecule has 0 radical (unpaired) electrons. The quantitative estimate of drug-likeness (QED) is 0.112. The Morgan fingerprint density at radius 2 is 1.67 bits per heavy atom. The molecule has 0 saturated heterocycles. The lowest BCUT2D eigenvalue weighted by Gasteiger charge is -2.07. The van der Waals surface area contributed by atoms with Gasteiger partial charge in [-0.25, -0.2) is 5.43 Å². The van der Waals surface area contributed by atoms with Crippen molar-refractivity contribution < 1.29 is 14.3 Å². The Morgan fingerprint density at radius 3 is 2.30 bits per heavy atom. The standard InChI is InChI=1S/C26H38BrN3O3/c1-3-5-6-7-8-9-10-11-12-13-14-15-25(31)28-21-26(32)30-29-20-22-19-23(27)16-17-24(22)33-18-4-2/h2,16-17,19-20H,3,5-15,18,21H2,1H3,(H,28,31)(H,30,32)/b29-20+. The van der Waals surface area contributed by atoms with Crippen molar-refractivity contribution in [2.45, 2.75) is 84.0 Å². The van der Waals surface area contributed by atoms with Gasteiger partial charge in [0.2, 0.25) is 5.91 Å². The minimum absolute atomic E-state index is 0.104. The topological polar surface area (TPSA) is 79.8 Å². The van der Waals surface area contributed by atoms with E-state index in [0.717, 1.165) is 17.3 Å². The molecular formula is C26H38BrN3O3. The van der Waals surface area contributed by atoms with Crippen LogP contribution < -0.4 is 15.5 Å². The molecule has 1 aromatic rings. The van der Waals surface area contributed by atoms with Crippen LogP contribution in [0.25, 0.3) is 0 Å². The fourth-order valence-electron chi connectivity index (χ4n) is 3.30. The number of nitrogens with zero attached hydrogens (tertiary/aromatic N) is 1. The zero-order valence-electron chi connectivity index (χ0n) is 19.8. The minimum Gasteiger partial charge on any atom is -0.480 e. The van der Waals surface area contributed by atoms with E-state index in [2.05, 4.69) is 44.6 Å². The summed E-state index contributed by atoms with van der Waals surface area (Å²) < 4.78 is 6.30. The summed E-state index contributed by atoms with van der Waals surface area (Å²) in [6, 6.07) is 5.39. The summed E-state index contributed by atoms with van der Waals surface area (Å²) in [5.74, 6) is 2.47. The molecule has 0 aliphatic carbocycles. The number of carbonyl (C=O) groups excluding carboxylic acids is 2. The van der Waals surface area contributed by atoms with Gasteiger partial charge in [0.05, 0.1) is 12.8 Å². The first-order valence-electron chi connectivity index (χ1n) is 12.0. The number of amides is 2. The average Bonchev–Trinajstić information content (AvgIpc) is 2.80. The number of carbonyl (C=O) groups is 2. The lowest BCUT2D eigenvalue weighted by molar-refractivity contribution is -0.126. The first-order chi connectivity index (χ1) is 16.1. The Kier molecular flexibility index (Phi) is 16.7. The number of nitrogens with one attached hydrogen (secondary N) is 2. The molecule has 0 aromatic heterocycles. The van der Waals surface area contributed by atoms with Crippen LogP contribution in [0.1, 0.15) is 89.5 Å². The van der Waals surface area contributed by atoms with E-state index in [1.807, 2.05) is 6.07 Å². The lowest BCUT2D eigenvalue weighted by Crippen LogP contribution is -2.34. The zero-order valence-corrected chi connectivity index (χ0v) is 21.4. The van der Waals surface area contributed by atoms with Crippen molar-refractivity contribution in [3.05, 3.63) is 28.2 Å². The molecule has 0 aliphatic heterocycles. The minimum atomic E-state index is -0.389. The summed E-state index contributed by atoms with van der Waals surface area (Å²) in [6.07, 6.45) is 20.8. The Balaban J connectivity index is 2.13. The van der Waals surface area contributed by atoms with E-state index in [1.54, 1.807) is 12.1 Å². The molecule has 33 heavy (non-hydrogen) atoms. The van der Waals surface area contributed by atoms with Gasteiger partial charge in [-0.3, -0.25) is 9.59 Å². The van der Waals surface area contributed by atoms with E-state index in [1.165, 1.54) is 64.0 Å². The average molecular weight is 521 g/mol. The van der Waals surface area contributed by atoms with Crippen LogP contribution >= 0.6 is 15.9 Å². The number of ether oxygens (including phenoxy) is 1. The normalized spacial score (nSPS) is 10.7. The summed E-state index contributed by atoms with van der Waals surface area (Å²) in [5, 5.41) is 6.57. The number of hydrazone groups is 1. The van der Waals surface area contributed by atoms with Crippen LogP contribution in [0.5, 0.6) is 5.75 Å². The third-order valence-electron chi connectivity index (χ3n) is 5.13. The molecule has 6 nitrogen and oxygen atoms in total. The molecular weight excluding hydrogens is 482 g/mol. The Morgan fingerprint density at radius 1 is 1.03 bits per heavy atom. The van der Waals surface area contributed by atoms with Gasteiger partial charge in [0.25, 0.3) is 5.91 Å². The van der Waals surface area contributed by atoms with E-state index in [-0.39, 0.29) is 25.0 Å². The predicted molar refractivity (Wildman–Crippen MR) is 138 cm³/mol. The predicted octanol–water partition coefficient (Wildman–Crippen LogP) is 5.73. The molecule has 0 atom stereocenters. The Bertz CT molecular complexity index is 775. The van der Waals surface area contributed by atoms with Crippen LogP contribution in [-0.2, 0) is 9.59 Å². The van der Waals surface area contributed by atoms with E-state index in [0.29, 0.717) is 17.7 Å². The van der Waals surface area contributed by atoms with Gasteiger partial charge in [-0.2, -0.15) is 5.10 Å². The molecule has 1 rings (SSSR count). The fraction of sp³-hybridized carbons (Fsp3) is 0.577. The monoisotopic (exact) mass is 519 g/mol. The molecule has 182 valence electrons. The Hall–Kier alpha value is -2.33. The van der Waals surface area contributed by atoms with Crippen LogP contribution in [0, 0.1) is 12.3 Å². The van der Waals surface area contributed by atoms with Gasteiger partial charge in [-0.1, -0.05) is 93.0 Å². The maximum absolute atomic E-state index is 11.9.